The van der Waals surface area contributed by atoms with Crippen molar-refractivity contribution in [3.05, 3.63) is 29.8 Å². The zero-order valence-electron chi connectivity index (χ0n) is 7.19. The quantitative estimate of drug-likeness (QED) is 0.423. The molecule has 1 rings (SSSR count). The molecule has 0 aliphatic rings. The number of carbonyl (C=O) groups is 2. The molecule has 1 aromatic rings. The van der Waals surface area contributed by atoms with Crippen LogP contribution in [0, 0.1) is 0 Å². The Morgan fingerprint density at radius 1 is 1.31 bits per heavy atom. The number of nitrogen functional groups attached to an aromatic ring is 1. The number of rotatable bonds is 4. The standard InChI is InChI=1S/C10H11NO2/c11-9-4-1-8(2-5-9)3-6-10(13)7-12/h1-2,4-5,7H,3,6,11H2. The minimum Gasteiger partial charge on any atom is -0.399 e. The zero-order chi connectivity index (χ0) is 9.68. The SMILES string of the molecule is Nc1ccc(CCC(=O)C=O)cc1. The molecular formula is C10H11NO2. The molecule has 0 fully saturated rings. The van der Waals surface area contributed by atoms with Crippen molar-refractivity contribution in [1.29, 1.82) is 0 Å². The van der Waals surface area contributed by atoms with Crippen LogP contribution in [0.4, 0.5) is 5.69 Å². The molecule has 0 aliphatic heterocycles. The number of aryl methyl sites for hydroxylation is 1. The highest BCUT2D eigenvalue weighted by Crippen LogP contribution is 2.07. The van der Waals surface area contributed by atoms with E-state index in [1.54, 1.807) is 12.1 Å². The largest absolute Gasteiger partial charge is 0.399 e. The van der Waals surface area contributed by atoms with Gasteiger partial charge in [0, 0.05) is 12.1 Å². The Balaban J connectivity index is 2.50. The maximum absolute atomic E-state index is 10.7. The molecule has 0 aliphatic carbocycles. The van der Waals surface area contributed by atoms with Crippen LogP contribution in [-0.2, 0) is 16.0 Å². The lowest BCUT2D eigenvalue weighted by atomic mass is 10.1. The van der Waals surface area contributed by atoms with Crippen LogP contribution in [0.5, 0.6) is 0 Å². The third-order valence-electron chi connectivity index (χ3n) is 1.77. The van der Waals surface area contributed by atoms with E-state index in [1.165, 1.54) is 0 Å². The average molecular weight is 177 g/mol. The summed E-state index contributed by atoms with van der Waals surface area (Å²) in [6.07, 6.45) is 1.22. The smallest absolute Gasteiger partial charge is 0.195 e. The summed E-state index contributed by atoms with van der Waals surface area (Å²) in [5.41, 5.74) is 7.20. The summed E-state index contributed by atoms with van der Waals surface area (Å²) in [5.74, 6) is -0.364. The molecule has 0 bridgehead atoms. The molecule has 3 heteroatoms. The molecular weight excluding hydrogens is 166 g/mol. The summed E-state index contributed by atoms with van der Waals surface area (Å²) in [6.45, 7) is 0. The topological polar surface area (TPSA) is 60.2 Å². The minimum absolute atomic E-state index is 0.271. The number of aldehydes is 1. The highest BCUT2D eigenvalue weighted by molar-refractivity contribution is 6.24. The Kier molecular flexibility index (Phi) is 3.20. The fourth-order valence-corrected chi connectivity index (χ4v) is 1.01. The van der Waals surface area contributed by atoms with Crippen molar-refractivity contribution >= 4 is 17.8 Å². The number of anilines is 1. The van der Waals surface area contributed by atoms with Gasteiger partial charge in [0.2, 0.25) is 0 Å². The van der Waals surface area contributed by atoms with Crippen molar-refractivity contribution in [2.45, 2.75) is 12.8 Å². The van der Waals surface area contributed by atoms with E-state index in [9.17, 15) is 9.59 Å². The van der Waals surface area contributed by atoms with Gasteiger partial charge in [-0.2, -0.15) is 0 Å². The summed E-state index contributed by atoms with van der Waals surface area (Å²) < 4.78 is 0. The fourth-order valence-electron chi connectivity index (χ4n) is 1.01. The molecule has 68 valence electrons. The molecule has 0 heterocycles. The fraction of sp³-hybridized carbons (Fsp3) is 0.200. The Morgan fingerprint density at radius 2 is 1.92 bits per heavy atom. The van der Waals surface area contributed by atoms with Gasteiger partial charge in [-0.15, -0.1) is 0 Å². The molecule has 3 nitrogen and oxygen atoms in total. The second-order valence-electron chi connectivity index (χ2n) is 2.83. The van der Waals surface area contributed by atoms with Crippen LogP contribution < -0.4 is 5.73 Å². The third kappa shape index (κ3) is 3.07. The summed E-state index contributed by atoms with van der Waals surface area (Å²) >= 11 is 0. The maximum atomic E-state index is 10.7. The average Bonchev–Trinajstić information content (AvgIpc) is 2.16. The van der Waals surface area contributed by atoms with Gasteiger partial charge in [-0.25, -0.2) is 0 Å². The van der Waals surface area contributed by atoms with Crippen molar-refractivity contribution in [2.75, 3.05) is 5.73 Å². The monoisotopic (exact) mass is 177 g/mol. The van der Waals surface area contributed by atoms with Crippen LogP contribution in [-0.4, -0.2) is 12.1 Å². The van der Waals surface area contributed by atoms with E-state index in [0.717, 1.165) is 5.56 Å². The van der Waals surface area contributed by atoms with Gasteiger partial charge < -0.3 is 5.73 Å². The lowest BCUT2D eigenvalue weighted by Crippen LogP contribution is -2.00. The molecule has 0 spiro atoms. The number of hydrogen-bond donors (Lipinski definition) is 1. The number of hydrogen-bond acceptors (Lipinski definition) is 3. The van der Waals surface area contributed by atoms with E-state index in [0.29, 0.717) is 18.4 Å². The van der Waals surface area contributed by atoms with Gasteiger partial charge in [-0.1, -0.05) is 12.1 Å². The molecule has 0 saturated carbocycles. The van der Waals surface area contributed by atoms with Crippen molar-refractivity contribution in [1.82, 2.24) is 0 Å². The van der Waals surface area contributed by atoms with Crippen molar-refractivity contribution in [2.24, 2.45) is 0 Å². The van der Waals surface area contributed by atoms with Crippen LogP contribution in [0.25, 0.3) is 0 Å². The van der Waals surface area contributed by atoms with Gasteiger partial charge in [0.25, 0.3) is 0 Å². The Labute approximate surface area is 76.6 Å². The number of benzene rings is 1. The lowest BCUT2D eigenvalue weighted by molar-refractivity contribution is -0.129. The summed E-state index contributed by atoms with van der Waals surface area (Å²) in [6, 6.07) is 7.27. The van der Waals surface area contributed by atoms with E-state index in [1.807, 2.05) is 12.1 Å². The first-order valence-electron chi connectivity index (χ1n) is 4.05. The van der Waals surface area contributed by atoms with Crippen molar-refractivity contribution < 1.29 is 9.59 Å². The number of Topliss-reactive ketones (excluding diaryl/α,β-unsaturated/α-hetero) is 1. The molecule has 0 amide bonds. The van der Waals surface area contributed by atoms with Gasteiger partial charge in [-0.05, 0) is 24.1 Å². The van der Waals surface area contributed by atoms with Gasteiger partial charge >= 0.3 is 0 Å². The van der Waals surface area contributed by atoms with Crippen LogP contribution in [0.3, 0.4) is 0 Å². The van der Waals surface area contributed by atoms with E-state index in [4.69, 9.17) is 5.73 Å². The minimum atomic E-state index is -0.364. The summed E-state index contributed by atoms with van der Waals surface area (Å²) in [4.78, 5) is 20.7. The predicted molar refractivity (Wildman–Crippen MR) is 50.2 cm³/mol. The molecule has 2 N–H and O–H groups in total. The number of carbonyl (C=O) groups excluding carboxylic acids is 2. The predicted octanol–water partition coefficient (Wildman–Crippen LogP) is 0.969. The second-order valence-corrected chi connectivity index (χ2v) is 2.83. The lowest BCUT2D eigenvalue weighted by Gasteiger charge is -1.98. The van der Waals surface area contributed by atoms with E-state index < -0.39 is 0 Å². The molecule has 0 unspecified atom stereocenters. The first kappa shape index (κ1) is 9.45. The van der Waals surface area contributed by atoms with E-state index in [-0.39, 0.29) is 12.2 Å². The van der Waals surface area contributed by atoms with Crippen LogP contribution >= 0.6 is 0 Å². The summed E-state index contributed by atoms with van der Waals surface area (Å²) in [5, 5.41) is 0. The highest BCUT2D eigenvalue weighted by Gasteiger charge is 1.99. The number of ketones is 1. The second kappa shape index (κ2) is 4.40. The Hall–Kier alpha value is -1.64. The Morgan fingerprint density at radius 3 is 2.46 bits per heavy atom. The zero-order valence-corrected chi connectivity index (χ0v) is 7.19. The van der Waals surface area contributed by atoms with Crippen molar-refractivity contribution in [3.8, 4) is 0 Å². The van der Waals surface area contributed by atoms with Gasteiger partial charge in [0.15, 0.2) is 12.1 Å². The normalized spacial score (nSPS) is 9.54. The first-order valence-corrected chi connectivity index (χ1v) is 4.05. The van der Waals surface area contributed by atoms with Crippen LogP contribution in [0.2, 0.25) is 0 Å². The van der Waals surface area contributed by atoms with Gasteiger partial charge in [0.1, 0.15) is 0 Å². The van der Waals surface area contributed by atoms with E-state index >= 15 is 0 Å². The van der Waals surface area contributed by atoms with Crippen molar-refractivity contribution in [3.63, 3.8) is 0 Å². The molecule has 0 aromatic heterocycles. The first-order chi connectivity index (χ1) is 6.22. The van der Waals surface area contributed by atoms with Crippen LogP contribution in [0.15, 0.2) is 24.3 Å². The third-order valence-corrected chi connectivity index (χ3v) is 1.77. The Bertz CT molecular complexity index is 303. The van der Waals surface area contributed by atoms with Crippen LogP contribution in [0.1, 0.15) is 12.0 Å². The highest BCUT2D eigenvalue weighted by atomic mass is 16.2. The van der Waals surface area contributed by atoms with Gasteiger partial charge in [0.05, 0.1) is 0 Å². The van der Waals surface area contributed by atoms with Gasteiger partial charge in [-0.3, -0.25) is 9.59 Å². The number of nitrogens with two attached hydrogens (primary N) is 1. The summed E-state index contributed by atoms with van der Waals surface area (Å²) in [7, 11) is 0. The molecule has 0 atom stereocenters. The molecule has 1 aromatic carbocycles. The molecule has 0 saturated heterocycles. The molecule has 13 heavy (non-hydrogen) atoms. The molecule has 0 radical (unpaired) electrons. The maximum Gasteiger partial charge on any atom is 0.195 e. The van der Waals surface area contributed by atoms with E-state index in [2.05, 4.69) is 0 Å².